The van der Waals surface area contributed by atoms with E-state index in [0.717, 1.165) is 0 Å². The molecule has 0 spiro atoms. The molecule has 2 fully saturated rings. The molecule has 0 aliphatic carbocycles. The summed E-state index contributed by atoms with van der Waals surface area (Å²) in [5, 5.41) is 1.32. The molecule has 7 heteroatoms. The molecule has 7 nitrogen and oxygen atoms in total. The average molecular weight is 271 g/mol. The van der Waals surface area contributed by atoms with Gasteiger partial charge in [-0.1, -0.05) is 0 Å². The van der Waals surface area contributed by atoms with E-state index in [2.05, 4.69) is 0 Å². The first-order valence-corrected chi connectivity index (χ1v) is 6.42. The normalized spacial score (nSPS) is 23.7. The largest absolute Gasteiger partial charge is 0.444 e. The lowest BCUT2D eigenvalue weighted by Crippen LogP contribution is -2.54. The molecule has 2 heterocycles. The Morgan fingerprint density at radius 2 is 1.95 bits per heavy atom. The lowest BCUT2D eigenvalue weighted by atomic mass is 10.2. The zero-order valence-electron chi connectivity index (χ0n) is 11.9. The first-order chi connectivity index (χ1) is 8.81. The summed E-state index contributed by atoms with van der Waals surface area (Å²) in [6.45, 7) is 7.50. The first-order valence-electron chi connectivity index (χ1n) is 6.42. The van der Waals surface area contributed by atoms with E-state index in [1.807, 2.05) is 20.8 Å². The molecule has 0 bridgehead atoms. The summed E-state index contributed by atoms with van der Waals surface area (Å²) in [4.78, 5) is 32.2. The van der Waals surface area contributed by atoms with E-state index in [1.165, 1.54) is 12.2 Å². The molecule has 0 aromatic carbocycles. The highest BCUT2D eigenvalue weighted by atomic mass is 16.7. The Morgan fingerprint density at radius 1 is 1.26 bits per heavy atom. The third kappa shape index (κ3) is 2.91. The summed E-state index contributed by atoms with van der Waals surface area (Å²) < 4.78 is 5.34. The van der Waals surface area contributed by atoms with Crippen LogP contribution in [0.2, 0.25) is 0 Å². The SMILES string of the molecule is CON1C[C@@H]2CN(C(=O)OC(C)(C)C)CCN2C1=O. The van der Waals surface area contributed by atoms with Crippen molar-refractivity contribution in [3.63, 3.8) is 0 Å². The average Bonchev–Trinajstić information content (AvgIpc) is 2.63. The van der Waals surface area contributed by atoms with E-state index in [0.29, 0.717) is 26.2 Å². The molecule has 2 aliphatic rings. The van der Waals surface area contributed by atoms with Crippen molar-refractivity contribution in [2.24, 2.45) is 0 Å². The molecule has 2 rings (SSSR count). The van der Waals surface area contributed by atoms with Crippen molar-refractivity contribution in [2.75, 3.05) is 33.3 Å². The van der Waals surface area contributed by atoms with Crippen LogP contribution in [0, 0.1) is 0 Å². The number of hydrogen-bond acceptors (Lipinski definition) is 4. The van der Waals surface area contributed by atoms with Crippen molar-refractivity contribution >= 4 is 12.1 Å². The van der Waals surface area contributed by atoms with Gasteiger partial charge in [0.05, 0.1) is 19.7 Å². The van der Waals surface area contributed by atoms with Crippen LogP contribution in [-0.2, 0) is 9.57 Å². The predicted molar refractivity (Wildman–Crippen MR) is 67.4 cm³/mol. The second kappa shape index (κ2) is 4.88. The van der Waals surface area contributed by atoms with Gasteiger partial charge >= 0.3 is 12.1 Å². The van der Waals surface area contributed by atoms with Gasteiger partial charge in [-0.15, -0.1) is 0 Å². The van der Waals surface area contributed by atoms with Crippen LogP contribution < -0.4 is 0 Å². The maximum Gasteiger partial charge on any atom is 0.410 e. The highest BCUT2D eigenvalue weighted by molar-refractivity contribution is 5.77. The molecule has 2 saturated heterocycles. The van der Waals surface area contributed by atoms with Crippen LogP contribution in [0.5, 0.6) is 0 Å². The van der Waals surface area contributed by atoms with Crippen molar-refractivity contribution < 1.29 is 19.2 Å². The predicted octanol–water partition coefficient (Wildman–Crippen LogP) is 0.905. The number of amides is 3. The van der Waals surface area contributed by atoms with Gasteiger partial charge in [0.25, 0.3) is 0 Å². The van der Waals surface area contributed by atoms with E-state index in [9.17, 15) is 9.59 Å². The first kappa shape index (κ1) is 13.9. The second-order valence-corrected chi connectivity index (χ2v) is 5.80. The summed E-state index contributed by atoms with van der Waals surface area (Å²) in [6.07, 6.45) is -0.324. The number of urea groups is 1. The number of piperazine rings is 1. The third-order valence-corrected chi connectivity index (χ3v) is 3.19. The number of rotatable bonds is 1. The number of nitrogens with zero attached hydrogens (tertiary/aromatic N) is 3. The maximum absolute atomic E-state index is 12.0. The summed E-state index contributed by atoms with van der Waals surface area (Å²) >= 11 is 0. The lowest BCUT2D eigenvalue weighted by molar-refractivity contribution is -0.0740. The van der Waals surface area contributed by atoms with Crippen LogP contribution in [-0.4, -0.2) is 71.9 Å². The monoisotopic (exact) mass is 271 g/mol. The zero-order chi connectivity index (χ0) is 14.2. The Kier molecular flexibility index (Phi) is 3.58. The zero-order valence-corrected chi connectivity index (χ0v) is 11.9. The van der Waals surface area contributed by atoms with Crippen LogP contribution in [0.3, 0.4) is 0 Å². The van der Waals surface area contributed by atoms with Gasteiger partial charge in [0.2, 0.25) is 0 Å². The summed E-state index contributed by atoms with van der Waals surface area (Å²) in [5.41, 5.74) is -0.502. The van der Waals surface area contributed by atoms with Gasteiger partial charge in [-0.05, 0) is 20.8 Å². The molecular weight excluding hydrogens is 250 g/mol. The number of carbonyl (C=O) groups excluding carboxylic acids is 2. The van der Waals surface area contributed by atoms with E-state index in [-0.39, 0.29) is 18.2 Å². The molecule has 0 aromatic heterocycles. The van der Waals surface area contributed by atoms with Crippen LogP contribution in [0.1, 0.15) is 20.8 Å². The van der Waals surface area contributed by atoms with Crippen molar-refractivity contribution in [1.82, 2.24) is 14.9 Å². The van der Waals surface area contributed by atoms with Crippen molar-refractivity contribution in [3.8, 4) is 0 Å². The number of hydrogen-bond donors (Lipinski definition) is 0. The second-order valence-electron chi connectivity index (χ2n) is 5.80. The summed E-state index contributed by atoms with van der Waals surface area (Å²) in [5.74, 6) is 0. The van der Waals surface area contributed by atoms with E-state index < -0.39 is 5.60 Å². The smallest absolute Gasteiger partial charge is 0.410 e. The standard InChI is InChI=1S/C12H21N3O4/c1-12(2,3)19-11(17)13-5-6-14-9(7-13)8-15(18-4)10(14)16/h9H,5-8H2,1-4H3/t9-/m0/s1. The number of fused-ring (bicyclic) bond motifs is 1. The number of carbonyl (C=O) groups is 2. The fourth-order valence-electron chi connectivity index (χ4n) is 2.32. The topological polar surface area (TPSA) is 62.3 Å². The van der Waals surface area contributed by atoms with Gasteiger partial charge in [0.15, 0.2) is 0 Å². The third-order valence-electron chi connectivity index (χ3n) is 3.19. The summed E-state index contributed by atoms with van der Waals surface area (Å²) in [7, 11) is 1.47. The van der Waals surface area contributed by atoms with Gasteiger partial charge in [0, 0.05) is 19.6 Å². The molecule has 2 aliphatic heterocycles. The quantitative estimate of drug-likeness (QED) is 0.711. The Labute approximate surface area is 113 Å². The Morgan fingerprint density at radius 3 is 2.53 bits per heavy atom. The molecule has 0 radical (unpaired) electrons. The van der Waals surface area contributed by atoms with Crippen LogP contribution in [0.4, 0.5) is 9.59 Å². The minimum Gasteiger partial charge on any atom is -0.444 e. The van der Waals surface area contributed by atoms with Crippen molar-refractivity contribution in [1.29, 1.82) is 0 Å². The van der Waals surface area contributed by atoms with Gasteiger partial charge in [0.1, 0.15) is 5.60 Å². The van der Waals surface area contributed by atoms with Crippen LogP contribution >= 0.6 is 0 Å². The fourth-order valence-corrected chi connectivity index (χ4v) is 2.32. The van der Waals surface area contributed by atoms with E-state index in [1.54, 1.807) is 9.80 Å². The van der Waals surface area contributed by atoms with Gasteiger partial charge in [-0.25, -0.2) is 14.7 Å². The Balaban J connectivity index is 1.96. The minimum atomic E-state index is -0.502. The highest BCUT2D eigenvalue weighted by Gasteiger charge is 2.42. The van der Waals surface area contributed by atoms with Gasteiger partial charge in [-0.3, -0.25) is 4.84 Å². The molecule has 0 aromatic rings. The summed E-state index contributed by atoms with van der Waals surface area (Å²) in [6, 6.07) is -0.148. The molecule has 0 saturated carbocycles. The number of ether oxygens (including phenoxy) is 1. The maximum atomic E-state index is 12.0. The van der Waals surface area contributed by atoms with Gasteiger partial charge in [-0.2, -0.15) is 0 Å². The lowest BCUT2D eigenvalue weighted by Gasteiger charge is -2.36. The number of hydroxylamine groups is 2. The van der Waals surface area contributed by atoms with Crippen molar-refractivity contribution in [3.05, 3.63) is 0 Å². The van der Waals surface area contributed by atoms with Crippen LogP contribution in [0.15, 0.2) is 0 Å². The van der Waals surface area contributed by atoms with E-state index >= 15 is 0 Å². The van der Waals surface area contributed by atoms with Crippen molar-refractivity contribution in [2.45, 2.75) is 32.4 Å². The molecular formula is C12H21N3O4. The molecule has 0 unspecified atom stereocenters. The molecule has 3 amide bonds. The van der Waals surface area contributed by atoms with Crippen LogP contribution in [0.25, 0.3) is 0 Å². The minimum absolute atomic E-state index is 0.0197. The molecule has 1 atom stereocenters. The highest BCUT2D eigenvalue weighted by Crippen LogP contribution is 2.21. The Bertz CT molecular complexity index is 380. The Hall–Kier alpha value is -1.50. The van der Waals surface area contributed by atoms with E-state index in [4.69, 9.17) is 9.57 Å². The molecule has 19 heavy (non-hydrogen) atoms. The molecule has 108 valence electrons. The fraction of sp³-hybridized carbons (Fsp3) is 0.833. The molecule has 0 N–H and O–H groups in total. The van der Waals surface area contributed by atoms with Gasteiger partial charge < -0.3 is 14.5 Å².